The van der Waals surface area contributed by atoms with Gasteiger partial charge in [0.15, 0.2) is 0 Å². The molecule has 7 nitrogen and oxygen atoms in total. The van der Waals surface area contributed by atoms with Crippen molar-refractivity contribution in [3.8, 4) is 11.5 Å². The Morgan fingerprint density at radius 1 is 1.17 bits per heavy atom. The van der Waals surface area contributed by atoms with Crippen molar-refractivity contribution in [3.63, 3.8) is 0 Å². The number of carbonyl (C=O) groups is 1. The molecule has 1 saturated carbocycles. The van der Waals surface area contributed by atoms with Crippen LogP contribution in [0.1, 0.15) is 31.1 Å². The number of aryl methyl sites for hydroxylation is 1. The molecule has 1 aromatic heterocycles. The Kier molecular flexibility index (Phi) is 5.20. The maximum absolute atomic E-state index is 12.9. The number of rotatable bonds is 7. The lowest BCUT2D eigenvalue weighted by Gasteiger charge is -2.14. The fourth-order valence-electron chi connectivity index (χ4n) is 3.43. The summed E-state index contributed by atoms with van der Waals surface area (Å²) in [4.78, 5) is 30.2. The molecule has 0 aliphatic heterocycles. The normalized spacial score (nSPS) is 13.3. The van der Waals surface area contributed by atoms with Gasteiger partial charge in [0.1, 0.15) is 17.3 Å². The average molecular weight is 393 g/mol. The first-order chi connectivity index (χ1) is 14.1. The fourth-order valence-corrected chi connectivity index (χ4v) is 3.43. The molecule has 2 aromatic carbocycles. The van der Waals surface area contributed by atoms with Gasteiger partial charge in [-0.2, -0.15) is 0 Å². The number of aromatic nitrogens is 2. The number of ether oxygens (including phenoxy) is 2. The van der Waals surface area contributed by atoms with E-state index in [0.29, 0.717) is 40.3 Å². The highest BCUT2D eigenvalue weighted by Crippen LogP contribution is 2.35. The van der Waals surface area contributed by atoms with E-state index < -0.39 is 0 Å². The zero-order chi connectivity index (χ0) is 20.4. The molecule has 29 heavy (non-hydrogen) atoms. The Labute approximate surface area is 168 Å². The highest BCUT2D eigenvalue weighted by molar-refractivity contribution is 5.92. The van der Waals surface area contributed by atoms with Gasteiger partial charge in [-0.1, -0.05) is 12.1 Å². The molecule has 0 saturated heterocycles. The van der Waals surface area contributed by atoms with Crippen LogP contribution in [0.15, 0.2) is 47.3 Å². The van der Waals surface area contributed by atoms with Gasteiger partial charge >= 0.3 is 0 Å². The maximum atomic E-state index is 12.9. The lowest BCUT2D eigenvalue weighted by Crippen LogP contribution is -2.25. The molecule has 0 spiro atoms. The predicted octanol–water partition coefficient (Wildman–Crippen LogP) is 3.32. The van der Waals surface area contributed by atoms with Gasteiger partial charge in [-0.25, -0.2) is 4.98 Å². The molecule has 0 unspecified atom stereocenters. The first kappa shape index (κ1) is 19.0. The van der Waals surface area contributed by atoms with Crippen LogP contribution in [-0.2, 0) is 11.2 Å². The van der Waals surface area contributed by atoms with E-state index >= 15 is 0 Å². The molecule has 7 heteroatoms. The number of amides is 1. The molecule has 1 heterocycles. The smallest absolute Gasteiger partial charge is 0.261 e. The molecule has 1 aliphatic rings. The van der Waals surface area contributed by atoms with Crippen LogP contribution >= 0.6 is 0 Å². The summed E-state index contributed by atoms with van der Waals surface area (Å²) in [6, 6.07) is 12.8. The fraction of sp³-hybridized carbons (Fsp3) is 0.318. The van der Waals surface area contributed by atoms with Gasteiger partial charge in [-0.3, -0.25) is 14.2 Å². The molecule has 0 atom stereocenters. The molecule has 3 aromatic rings. The number of methoxy groups -OCH3 is 2. The minimum Gasteiger partial charge on any atom is -0.497 e. The first-order valence-corrected chi connectivity index (χ1v) is 9.62. The number of hydrogen-bond donors (Lipinski definition) is 1. The second kappa shape index (κ2) is 7.95. The van der Waals surface area contributed by atoms with Gasteiger partial charge < -0.3 is 14.8 Å². The molecular formula is C22H23N3O4. The van der Waals surface area contributed by atoms with Crippen LogP contribution < -0.4 is 20.3 Å². The number of nitrogens with zero attached hydrogens (tertiary/aromatic N) is 2. The summed E-state index contributed by atoms with van der Waals surface area (Å²) in [6.45, 7) is 0. The van der Waals surface area contributed by atoms with E-state index in [0.717, 1.165) is 12.8 Å². The van der Waals surface area contributed by atoms with E-state index in [1.807, 2.05) is 18.2 Å². The van der Waals surface area contributed by atoms with Crippen LogP contribution in [0.25, 0.3) is 10.9 Å². The standard InChI is InChI=1S/C22H23N3O4/c1-28-15-9-10-19(29-2)18(13-15)24-21(26)12-11-20-23-17-6-4-3-5-16(17)22(27)25(20)14-7-8-14/h3-6,9-10,13-14H,7-8,11-12H2,1-2H3,(H,24,26). The van der Waals surface area contributed by atoms with Crippen LogP contribution in [0.3, 0.4) is 0 Å². The zero-order valence-corrected chi connectivity index (χ0v) is 16.5. The SMILES string of the molecule is COc1ccc(OC)c(NC(=O)CCc2nc3ccccc3c(=O)n2C2CC2)c1. The Morgan fingerprint density at radius 2 is 1.97 bits per heavy atom. The lowest BCUT2D eigenvalue weighted by molar-refractivity contribution is -0.116. The monoisotopic (exact) mass is 393 g/mol. The van der Waals surface area contributed by atoms with Crippen molar-refractivity contribution < 1.29 is 14.3 Å². The highest BCUT2D eigenvalue weighted by atomic mass is 16.5. The van der Waals surface area contributed by atoms with Crippen molar-refractivity contribution in [1.29, 1.82) is 0 Å². The molecule has 1 amide bonds. The van der Waals surface area contributed by atoms with E-state index in [9.17, 15) is 9.59 Å². The second-order valence-corrected chi connectivity index (χ2v) is 7.07. The van der Waals surface area contributed by atoms with Crippen molar-refractivity contribution in [1.82, 2.24) is 9.55 Å². The van der Waals surface area contributed by atoms with Crippen molar-refractivity contribution in [2.24, 2.45) is 0 Å². The van der Waals surface area contributed by atoms with Crippen molar-refractivity contribution >= 4 is 22.5 Å². The van der Waals surface area contributed by atoms with E-state index in [1.54, 1.807) is 43.1 Å². The topological polar surface area (TPSA) is 82.5 Å². The van der Waals surface area contributed by atoms with E-state index in [2.05, 4.69) is 10.3 Å². The highest BCUT2D eigenvalue weighted by Gasteiger charge is 2.28. The van der Waals surface area contributed by atoms with Crippen LogP contribution in [0.4, 0.5) is 5.69 Å². The van der Waals surface area contributed by atoms with Crippen LogP contribution in [0, 0.1) is 0 Å². The zero-order valence-electron chi connectivity index (χ0n) is 16.5. The Morgan fingerprint density at radius 3 is 2.69 bits per heavy atom. The molecule has 4 rings (SSSR count). The number of nitrogens with one attached hydrogen (secondary N) is 1. The third-order valence-corrected chi connectivity index (χ3v) is 5.05. The number of fused-ring (bicyclic) bond motifs is 1. The quantitative estimate of drug-likeness (QED) is 0.666. The van der Waals surface area contributed by atoms with Crippen LogP contribution in [0.2, 0.25) is 0 Å². The summed E-state index contributed by atoms with van der Waals surface area (Å²) in [5.74, 6) is 1.66. The summed E-state index contributed by atoms with van der Waals surface area (Å²) in [7, 11) is 3.11. The van der Waals surface area contributed by atoms with E-state index in [-0.39, 0.29) is 23.9 Å². The Bertz CT molecular complexity index is 1120. The van der Waals surface area contributed by atoms with Gasteiger partial charge in [-0.15, -0.1) is 0 Å². The third kappa shape index (κ3) is 3.94. The van der Waals surface area contributed by atoms with Gasteiger partial charge in [0.05, 0.1) is 30.8 Å². The van der Waals surface area contributed by atoms with Crippen LogP contribution in [0.5, 0.6) is 11.5 Å². The van der Waals surface area contributed by atoms with Gasteiger partial charge in [0.2, 0.25) is 5.91 Å². The van der Waals surface area contributed by atoms with Crippen molar-refractivity contribution in [3.05, 3.63) is 58.6 Å². The Balaban J connectivity index is 1.55. The predicted molar refractivity (Wildman–Crippen MR) is 111 cm³/mol. The van der Waals surface area contributed by atoms with E-state index in [1.165, 1.54) is 0 Å². The first-order valence-electron chi connectivity index (χ1n) is 9.62. The van der Waals surface area contributed by atoms with Crippen molar-refractivity contribution in [2.45, 2.75) is 31.7 Å². The molecule has 1 aliphatic carbocycles. The van der Waals surface area contributed by atoms with Gasteiger partial charge in [-0.05, 0) is 37.1 Å². The van der Waals surface area contributed by atoms with Crippen molar-refractivity contribution in [2.75, 3.05) is 19.5 Å². The van der Waals surface area contributed by atoms with E-state index in [4.69, 9.17) is 9.47 Å². The molecular weight excluding hydrogens is 370 g/mol. The minimum absolute atomic E-state index is 0.0250. The lowest BCUT2D eigenvalue weighted by atomic mass is 10.2. The number of anilines is 1. The summed E-state index contributed by atoms with van der Waals surface area (Å²) in [6.07, 6.45) is 2.53. The third-order valence-electron chi connectivity index (χ3n) is 5.05. The van der Waals surface area contributed by atoms with Gasteiger partial charge in [0.25, 0.3) is 5.56 Å². The summed E-state index contributed by atoms with van der Waals surface area (Å²) in [5.41, 5.74) is 1.19. The number of para-hydroxylation sites is 1. The number of hydrogen-bond acceptors (Lipinski definition) is 5. The second-order valence-electron chi connectivity index (χ2n) is 7.07. The molecule has 0 radical (unpaired) electrons. The Hall–Kier alpha value is -3.35. The largest absolute Gasteiger partial charge is 0.497 e. The van der Waals surface area contributed by atoms with Crippen LogP contribution in [-0.4, -0.2) is 29.7 Å². The average Bonchev–Trinajstić information content (AvgIpc) is 3.57. The van der Waals surface area contributed by atoms with Gasteiger partial charge in [0, 0.05) is 24.9 Å². The maximum Gasteiger partial charge on any atom is 0.261 e. The summed E-state index contributed by atoms with van der Waals surface area (Å²) in [5, 5.41) is 3.48. The molecule has 1 fully saturated rings. The number of benzene rings is 2. The summed E-state index contributed by atoms with van der Waals surface area (Å²) < 4.78 is 12.3. The molecule has 150 valence electrons. The number of carbonyl (C=O) groups excluding carboxylic acids is 1. The minimum atomic E-state index is -0.179. The summed E-state index contributed by atoms with van der Waals surface area (Å²) >= 11 is 0. The molecule has 1 N–H and O–H groups in total. The molecule has 0 bridgehead atoms.